The van der Waals surface area contributed by atoms with Crippen molar-refractivity contribution in [1.82, 2.24) is 0 Å². The first-order valence-electron chi connectivity index (χ1n) is 24.2. The van der Waals surface area contributed by atoms with Crippen molar-refractivity contribution in [2.45, 2.75) is 271 Å². The van der Waals surface area contributed by atoms with Gasteiger partial charge in [-0.2, -0.15) is 0 Å². The Morgan fingerprint density at radius 1 is 0.345 bits per heavy atom. The van der Waals surface area contributed by atoms with Crippen LogP contribution in [0.15, 0.2) is 12.2 Å². The van der Waals surface area contributed by atoms with E-state index in [0.29, 0.717) is 19.3 Å². The molecule has 1 unspecified atom stereocenters. The fraction of sp³-hybridized carbons (Fsp3) is 0.898. The van der Waals surface area contributed by atoms with Gasteiger partial charge in [-0.3, -0.25) is 14.4 Å². The zero-order valence-corrected chi connectivity index (χ0v) is 37.0. The minimum absolute atomic E-state index is 0.0701. The summed E-state index contributed by atoms with van der Waals surface area (Å²) in [6.45, 7) is 6.59. The molecule has 0 saturated carbocycles. The minimum atomic E-state index is -0.767. The van der Waals surface area contributed by atoms with Gasteiger partial charge in [0.2, 0.25) is 0 Å². The molecular weight excluding hydrogens is 685 g/mol. The van der Waals surface area contributed by atoms with Gasteiger partial charge in [-0.05, 0) is 38.5 Å². The van der Waals surface area contributed by atoms with Gasteiger partial charge in [0.1, 0.15) is 13.2 Å². The third-order valence-corrected chi connectivity index (χ3v) is 10.8. The highest BCUT2D eigenvalue weighted by Crippen LogP contribution is 2.16. The second-order valence-electron chi connectivity index (χ2n) is 16.4. The first-order chi connectivity index (χ1) is 27.0. The molecule has 0 saturated heterocycles. The van der Waals surface area contributed by atoms with Crippen molar-refractivity contribution >= 4 is 17.9 Å². The van der Waals surface area contributed by atoms with Crippen LogP contribution in [0.4, 0.5) is 0 Å². The predicted octanol–water partition coefficient (Wildman–Crippen LogP) is 15.4. The molecule has 0 rings (SSSR count). The maximum absolute atomic E-state index is 12.7. The summed E-state index contributed by atoms with van der Waals surface area (Å²) in [5, 5.41) is 0. The van der Waals surface area contributed by atoms with Gasteiger partial charge >= 0.3 is 17.9 Å². The van der Waals surface area contributed by atoms with Gasteiger partial charge in [0.05, 0.1) is 0 Å². The van der Waals surface area contributed by atoms with E-state index in [1.54, 1.807) is 0 Å². The van der Waals surface area contributed by atoms with Crippen LogP contribution in [0.2, 0.25) is 0 Å². The van der Waals surface area contributed by atoms with Crippen LogP contribution in [0.1, 0.15) is 265 Å². The molecule has 324 valence electrons. The molecule has 0 aromatic rings. The minimum Gasteiger partial charge on any atom is -0.462 e. The summed E-state index contributed by atoms with van der Waals surface area (Å²) in [6, 6.07) is 0. The molecule has 0 aromatic carbocycles. The molecule has 0 fully saturated rings. The van der Waals surface area contributed by atoms with E-state index in [9.17, 15) is 14.4 Å². The van der Waals surface area contributed by atoms with E-state index in [2.05, 4.69) is 32.9 Å². The molecule has 0 amide bonds. The van der Waals surface area contributed by atoms with Gasteiger partial charge in [0.15, 0.2) is 6.10 Å². The number of rotatable bonds is 44. The SMILES string of the molecule is CCCC/C=C\CCCCCCC(=O)OC(COC(=O)CCCCCCCCCCC)COC(=O)CCCCCCCCCCCCCCCCCCCC. The topological polar surface area (TPSA) is 78.9 Å². The Bertz CT molecular complexity index is 854. The fourth-order valence-electron chi connectivity index (χ4n) is 7.07. The lowest BCUT2D eigenvalue weighted by Crippen LogP contribution is -2.30. The van der Waals surface area contributed by atoms with E-state index >= 15 is 0 Å². The number of hydrogen-bond donors (Lipinski definition) is 0. The number of carbonyl (C=O) groups is 3. The Kier molecular flexibility index (Phi) is 43.4. The molecule has 0 radical (unpaired) electrons. The second kappa shape index (κ2) is 44.9. The monoisotopic (exact) mass is 777 g/mol. The molecule has 0 aliphatic rings. The maximum atomic E-state index is 12.7. The lowest BCUT2D eigenvalue weighted by atomic mass is 10.0. The Labute approximate surface area is 341 Å². The summed E-state index contributed by atoms with van der Waals surface area (Å²) in [4.78, 5) is 37.7. The zero-order valence-electron chi connectivity index (χ0n) is 37.0. The highest BCUT2D eigenvalue weighted by atomic mass is 16.6. The molecule has 0 aromatic heterocycles. The molecule has 0 aliphatic heterocycles. The Balaban J connectivity index is 4.22. The average molecular weight is 777 g/mol. The van der Waals surface area contributed by atoms with Gasteiger partial charge in [-0.1, -0.05) is 219 Å². The van der Waals surface area contributed by atoms with Crippen LogP contribution in [0, 0.1) is 0 Å². The van der Waals surface area contributed by atoms with Crippen molar-refractivity contribution < 1.29 is 28.6 Å². The molecule has 0 aliphatic carbocycles. The molecular formula is C49H92O6. The van der Waals surface area contributed by atoms with Crippen LogP contribution in [-0.2, 0) is 28.6 Å². The molecule has 55 heavy (non-hydrogen) atoms. The lowest BCUT2D eigenvalue weighted by molar-refractivity contribution is -0.167. The average Bonchev–Trinajstić information content (AvgIpc) is 3.18. The first kappa shape index (κ1) is 53.1. The molecule has 0 heterocycles. The van der Waals surface area contributed by atoms with Gasteiger partial charge in [0, 0.05) is 19.3 Å². The van der Waals surface area contributed by atoms with E-state index in [4.69, 9.17) is 14.2 Å². The Hall–Kier alpha value is -1.85. The molecule has 0 bridgehead atoms. The van der Waals surface area contributed by atoms with Crippen molar-refractivity contribution in [1.29, 1.82) is 0 Å². The Morgan fingerprint density at radius 3 is 0.964 bits per heavy atom. The van der Waals surface area contributed by atoms with Gasteiger partial charge in [0.25, 0.3) is 0 Å². The normalized spacial score (nSPS) is 12.0. The van der Waals surface area contributed by atoms with Crippen molar-refractivity contribution in [2.24, 2.45) is 0 Å². The van der Waals surface area contributed by atoms with Gasteiger partial charge < -0.3 is 14.2 Å². The third kappa shape index (κ3) is 43.1. The summed E-state index contributed by atoms with van der Waals surface area (Å²) in [6.07, 6.45) is 47.8. The van der Waals surface area contributed by atoms with E-state index in [0.717, 1.165) is 77.0 Å². The van der Waals surface area contributed by atoms with Gasteiger partial charge in [-0.25, -0.2) is 0 Å². The van der Waals surface area contributed by atoms with Crippen LogP contribution in [0.25, 0.3) is 0 Å². The van der Waals surface area contributed by atoms with Crippen LogP contribution in [0.5, 0.6) is 0 Å². The number of ether oxygens (including phenoxy) is 3. The smallest absolute Gasteiger partial charge is 0.306 e. The first-order valence-corrected chi connectivity index (χ1v) is 24.2. The second-order valence-corrected chi connectivity index (χ2v) is 16.4. The lowest BCUT2D eigenvalue weighted by Gasteiger charge is -2.18. The largest absolute Gasteiger partial charge is 0.462 e. The van der Waals surface area contributed by atoms with Crippen LogP contribution >= 0.6 is 0 Å². The van der Waals surface area contributed by atoms with Crippen LogP contribution in [-0.4, -0.2) is 37.2 Å². The third-order valence-electron chi connectivity index (χ3n) is 10.8. The zero-order chi connectivity index (χ0) is 40.1. The number of carbonyl (C=O) groups excluding carboxylic acids is 3. The van der Waals surface area contributed by atoms with Crippen molar-refractivity contribution in [3.8, 4) is 0 Å². The highest BCUT2D eigenvalue weighted by molar-refractivity contribution is 5.71. The van der Waals surface area contributed by atoms with E-state index in [-0.39, 0.29) is 31.1 Å². The van der Waals surface area contributed by atoms with E-state index in [1.807, 2.05) is 0 Å². The van der Waals surface area contributed by atoms with Crippen molar-refractivity contribution in [3.05, 3.63) is 12.2 Å². The predicted molar refractivity (Wildman–Crippen MR) is 233 cm³/mol. The summed E-state index contributed by atoms with van der Waals surface area (Å²) in [5.74, 6) is -0.876. The summed E-state index contributed by atoms with van der Waals surface area (Å²) >= 11 is 0. The quantitative estimate of drug-likeness (QED) is 0.0265. The molecule has 6 nitrogen and oxygen atoms in total. The molecule has 1 atom stereocenters. The van der Waals surface area contributed by atoms with Crippen molar-refractivity contribution in [2.75, 3.05) is 13.2 Å². The Morgan fingerprint density at radius 2 is 0.618 bits per heavy atom. The molecule has 0 spiro atoms. The summed E-state index contributed by atoms with van der Waals surface area (Å²) < 4.78 is 16.7. The molecule has 0 N–H and O–H groups in total. The van der Waals surface area contributed by atoms with Crippen LogP contribution < -0.4 is 0 Å². The van der Waals surface area contributed by atoms with Gasteiger partial charge in [-0.15, -0.1) is 0 Å². The van der Waals surface area contributed by atoms with Crippen LogP contribution in [0.3, 0.4) is 0 Å². The molecule has 6 heteroatoms. The van der Waals surface area contributed by atoms with Crippen molar-refractivity contribution in [3.63, 3.8) is 0 Å². The van der Waals surface area contributed by atoms with E-state index in [1.165, 1.54) is 148 Å². The fourth-order valence-corrected chi connectivity index (χ4v) is 7.07. The number of hydrogen-bond acceptors (Lipinski definition) is 6. The number of esters is 3. The summed E-state index contributed by atoms with van der Waals surface area (Å²) in [5.41, 5.74) is 0. The van der Waals surface area contributed by atoms with E-state index < -0.39 is 6.10 Å². The highest BCUT2D eigenvalue weighted by Gasteiger charge is 2.19. The maximum Gasteiger partial charge on any atom is 0.306 e. The number of unbranched alkanes of at least 4 members (excludes halogenated alkanes) is 31. The number of allylic oxidation sites excluding steroid dienone is 2. The summed E-state index contributed by atoms with van der Waals surface area (Å²) in [7, 11) is 0. The standard InChI is InChI=1S/C49H92O6/c1-4-7-10-13-16-19-21-22-23-24-25-26-27-28-31-33-36-39-42-48(51)54-45-46(44-53-47(50)41-38-35-32-29-18-15-12-9-6-3)55-49(52)43-40-37-34-30-20-17-14-11-8-5-2/h14,17,46H,4-13,15-16,18-45H2,1-3H3/b17-14-.